The average Bonchev–Trinajstić information content (AvgIpc) is 3.21. The summed E-state index contributed by atoms with van der Waals surface area (Å²) in [5, 5.41) is 0.996. The number of fused-ring (bicyclic) bond motifs is 2. The number of carbonyl (C=O) groups is 2. The lowest BCUT2D eigenvalue weighted by Crippen LogP contribution is -2.43. The van der Waals surface area contributed by atoms with Crippen LogP contribution in [0.3, 0.4) is 0 Å². The minimum Gasteiger partial charge on any atom is -0.452 e. The minimum atomic E-state index is -0.823. The van der Waals surface area contributed by atoms with Crippen LogP contribution in [0.1, 0.15) is 25.0 Å². The molecule has 5 nitrogen and oxygen atoms in total. The largest absolute Gasteiger partial charge is 0.452 e. The fraction of sp³-hybridized carbons (Fsp3) is 0.273. The summed E-state index contributed by atoms with van der Waals surface area (Å²) < 4.78 is 5.47. The van der Waals surface area contributed by atoms with Gasteiger partial charge in [0.25, 0.3) is 5.91 Å². The molecule has 1 aromatic heterocycles. The lowest BCUT2D eigenvalue weighted by Gasteiger charge is -2.25. The van der Waals surface area contributed by atoms with Gasteiger partial charge in [-0.25, -0.2) is 0 Å². The summed E-state index contributed by atoms with van der Waals surface area (Å²) in [6, 6.07) is 15.7. The topological polar surface area (TPSA) is 62.4 Å². The second-order valence-corrected chi connectivity index (χ2v) is 7.06. The zero-order chi connectivity index (χ0) is 19.0. The van der Waals surface area contributed by atoms with E-state index in [0.29, 0.717) is 0 Å². The zero-order valence-electron chi connectivity index (χ0n) is 15.4. The third-order valence-corrected chi connectivity index (χ3v) is 5.11. The number of para-hydroxylation sites is 2. The third kappa shape index (κ3) is 3.21. The number of hydrogen-bond acceptors (Lipinski definition) is 3. The quantitative estimate of drug-likeness (QED) is 0.721. The van der Waals surface area contributed by atoms with Crippen molar-refractivity contribution < 1.29 is 14.3 Å². The molecule has 0 radical (unpaired) electrons. The molecule has 0 fully saturated rings. The Labute approximate surface area is 157 Å². The van der Waals surface area contributed by atoms with Crippen molar-refractivity contribution in [2.45, 2.75) is 38.8 Å². The van der Waals surface area contributed by atoms with Crippen molar-refractivity contribution in [3.8, 4) is 0 Å². The van der Waals surface area contributed by atoms with Gasteiger partial charge in [-0.1, -0.05) is 36.4 Å². The van der Waals surface area contributed by atoms with Crippen LogP contribution in [0.5, 0.6) is 0 Å². The first kappa shape index (κ1) is 17.3. The number of anilines is 1. The van der Waals surface area contributed by atoms with E-state index in [-0.39, 0.29) is 18.4 Å². The van der Waals surface area contributed by atoms with Crippen LogP contribution in [0.2, 0.25) is 0 Å². The van der Waals surface area contributed by atoms with E-state index in [1.165, 1.54) is 0 Å². The number of hydrogen-bond donors (Lipinski definition) is 1. The first-order valence-electron chi connectivity index (χ1n) is 9.20. The Balaban J connectivity index is 1.45. The molecule has 2 aromatic carbocycles. The lowest BCUT2D eigenvalue weighted by molar-refractivity contribution is -0.153. The Bertz CT molecular complexity index is 1010. The predicted octanol–water partition coefficient (Wildman–Crippen LogP) is 3.62. The highest BCUT2D eigenvalue weighted by Crippen LogP contribution is 2.32. The molecule has 0 saturated carbocycles. The van der Waals surface area contributed by atoms with Crippen LogP contribution in [-0.2, 0) is 27.2 Å². The number of amides is 1. The number of H-pyrrole nitrogens is 1. The van der Waals surface area contributed by atoms with Gasteiger partial charge in [0.2, 0.25) is 0 Å². The van der Waals surface area contributed by atoms with Gasteiger partial charge in [-0.2, -0.15) is 0 Å². The fourth-order valence-electron chi connectivity index (χ4n) is 3.82. The van der Waals surface area contributed by atoms with E-state index in [2.05, 4.69) is 4.98 Å². The molecule has 1 N–H and O–H groups in total. The van der Waals surface area contributed by atoms with Gasteiger partial charge in [-0.3, -0.25) is 9.59 Å². The van der Waals surface area contributed by atoms with E-state index < -0.39 is 12.1 Å². The summed E-state index contributed by atoms with van der Waals surface area (Å²) in [6.45, 7) is 3.65. The molecular weight excluding hydrogens is 340 g/mol. The second kappa shape index (κ2) is 6.91. The predicted molar refractivity (Wildman–Crippen MR) is 105 cm³/mol. The molecule has 0 spiro atoms. The highest BCUT2D eigenvalue weighted by atomic mass is 16.5. The van der Waals surface area contributed by atoms with E-state index in [4.69, 9.17) is 4.74 Å². The SMILES string of the molecule is C[C@H](OC(=O)Cc1c[nH]c2ccccc12)C(=O)N1c2ccccc2C[C@H]1C. The minimum absolute atomic E-state index is 0.0599. The van der Waals surface area contributed by atoms with Gasteiger partial charge in [0, 0.05) is 28.8 Å². The van der Waals surface area contributed by atoms with Crippen molar-refractivity contribution in [2.24, 2.45) is 0 Å². The van der Waals surface area contributed by atoms with E-state index in [9.17, 15) is 9.59 Å². The normalized spacial score (nSPS) is 17.0. The molecule has 0 aliphatic carbocycles. The molecule has 27 heavy (non-hydrogen) atoms. The third-order valence-electron chi connectivity index (χ3n) is 5.11. The first-order chi connectivity index (χ1) is 13.0. The first-order valence-corrected chi connectivity index (χ1v) is 9.20. The number of nitrogens with one attached hydrogen (secondary N) is 1. The Hall–Kier alpha value is -3.08. The summed E-state index contributed by atoms with van der Waals surface area (Å²) in [6.07, 6.45) is 1.94. The van der Waals surface area contributed by atoms with Gasteiger partial charge in [0.05, 0.1) is 6.42 Å². The summed E-state index contributed by atoms with van der Waals surface area (Å²) in [4.78, 5) is 30.2. The van der Waals surface area contributed by atoms with Gasteiger partial charge >= 0.3 is 5.97 Å². The van der Waals surface area contributed by atoms with Crippen molar-refractivity contribution >= 4 is 28.5 Å². The summed E-state index contributed by atoms with van der Waals surface area (Å²) in [7, 11) is 0. The molecular formula is C22H22N2O3. The highest BCUT2D eigenvalue weighted by molar-refractivity contribution is 6.00. The fourth-order valence-corrected chi connectivity index (χ4v) is 3.82. The maximum Gasteiger partial charge on any atom is 0.311 e. The van der Waals surface area contributed by atoms with Crippen molar-refractivity contribution in [2.75, 3.05) is 4.90 Å². The van der Waals surface area contributed by atoms with Gasteiger partial charge in [-0.15, -0.1) is 0 Å². The van der Waals surface area contributed by atoms with Gasteiger partial charge in [-0.05, 0) is 43.5 Å². The van der Waals surface area contributed by atoms with Crippen LogP contribution < -0.4 is 4.90 Å². The molecule has 1 aliphatic rings. The van der Waals surface area contributed by atoms with Crippen molar-refractivity contribution in [1.82, 2.24) is 4.98 Å². The Kier molecular flexibility index (Phi) is 4.44. The highest BCUT2D eigenvalue weighted by Gasteiger charge is 2.34. The van der Waals surface area contributed by atoms with Gasteiger partial charge in [0.1, 0.15) is 0 Å². The number of benzene rings is 2. The number of aromatic nitrogens is 1. The lowest BCUT2D eigenvalue weighted by atomic mass is 10.1. The summed E-state index contributed by atoms with van der Waals surface area (Å²) in [5.74, 6) is -0.583. The summed E-state index contributed by atoms with van der Waals surface area (Å²) in [5.41, 5.74) is 3.91. The standard InChI is InChI=1S/C22H22N2O3/c1-14-11-16-7-3-6-10-20(16)24(14)22(26)15(2)27-21(25)12-17-13-23-19-9-5-4-8-18(17)19/h3-10,13-15,23H,11-12H2,1-2H3/t14-,15+/m1/s1. The maximum atomic E-state index is 12.9. The molecule has 1 amide bonds. The monoisotopic (exact) mass is 362 g/mol. The smallest absolute Gasteiger partial charge is 0.311 e. The van der Waals surface area contributed by atoms with Crippen LogP contribution >= 0.6 is 0 Å². The van der Waals surface area contributed by atoms with E-state index in [1.807, 2.05) is 61.7 Å². The Morgan fingerprint density at radius 3 is 2.78 bits per heavy atom. The van der Waals surface area contributed by atoms with Crippen LogP contribution in [0.15, 0.2) is 54.7 Å². The van der Waals surface area contributed by atoms with Crippen molar-refractivity contribution in [3.05, 3.63) is 65.9 Å². The number of carbonyl (C=O) groups excluding carboxylic acids is 2. The van der Waals surface area contributed by atoms with Crippen LogP contribution in [0, 0.1) is 0 Å². The molecule has 0 unspecified atom stereocenters. The number of ether oxygens (including phenoxy) is 1. The zero-order valence-corrected chi connectivity index (χ0v) is 15.4. The van der Waals surface area contributed by atoms with Crippen molar-refractivity contribution in [3.63, 3.8) is 0 Å². The Morgan fingerprint density at radius 2 is 1.93 bits per heavy atom. The number of nitrogens with zero attached hydrogens (tertiary/aromatic N) is 1. The molecule has 5 heteroatoms. The van der Waals surface area contributed by atoms with E-state index in [1.54, 1.807) is 11.8 Å². The molecule has 2 heterocycles. The maximum absolute atomic E-state index is 12.9. The molecule has 3 aromatic rings. The molecule has 138 valence electrons. The van der Waals surface area contributed by atoms with Crippen molar-refractivity contribution in [1.29, 1.82) is 0 Å². The number of esters is 1. The Morgan fingerprint density at radius 1 is 1.19 bits per heavy atom. The average molecular weight is 362 g/mol. The van der Waals surface area contributed by atoms with E-state index in [0.717, 1.165) is 34.1 Å². The second-order valence-electron chi connectivity index (χ2n) is 7.06. The molecule has 0 saturated heterocycles. The van der Waals surface area contributed by atoms with Gasteiger partial charge in [0.15, 0.2) is 6.10 Å². The van der Waals surface area contributed by atoms with Crippen LogP contribution in [0.25, 0.3) is 10.9 Å². The van der Waals surface area contributed by atoms with E-state index >= 15 is 0 Å². The molecule has 2 atom stereocenters. The molecule has 4 rings (SSSR count). The number of aromatic amines is 1. The van der Waals surface area contributed by atoms with Crippen LogP contribution in [-0.4, -0.2) is 29.0 Å². The van der Waals surface area contributed by atoms with Gasteiger partial charge < -0.3 is 14.6 Å². The molecule has 0 bridgehead atoms. The van der Waals surface area contributed by atoms with Crippen LogP contribution in [0.4, 0.5) is 5.69 Å². The summed E-state index contributed by atoms with van der Waals surface area (Å²) >= 11 is 0. The molecule has 1 aliphatic heterocycles. The number of rotatable bonds is 4.